The lowest BCUT2D eigenvalue weighted by Crippen LogP contribution is -2.13. The Hall–Kier alpha value is -0.620. The Bertz CT molecular complexity index is 381. The van der Waals surface area contributed by atoms with Crippen LogP contribution in [-0.2, 0) is 12.7 Å². The van der Waals surface area contributed by atoms with E-state index in [1.807, 2.05) is 0 Å². The Morgan fingerprint density at radius 2 is 2.00 bits per heavy atom. The zero-order valence-corrected chi connectivity index (χ0v) is 10.4. The van der Waals surface area contributed by atoms with Gasteiger partial charge in [-0.3, -0.25) is 0 Å². The van der Waals surface area contributed by atoms with E-state index < -0.39 is 11.9 Å². The van der Waals surface area contributed by atoms with E-state index in [0.717, 1.165) is 25.7 Å². The first-order valence-electron chi connectivity index (χ1n) is 5.73. The summed E-state index contributed by atoms with van der Waals surface area (Å²) in [5.74, 6) is 0.242. The molecule has 0 atom stereocenters. The number of rotatable bonds is 3. The molecule has 0 aliphatic heterocycles. The molecule has 1 N–H and O–H groups in total. The lowest BCUT2D eigenvalue weighted by atomic mass is 10.1. The van der Waals surface area contributed by atoms with Crippen molar-refractivity contribution in [1.29, 1.82) is 0 Å². The van der Waals surface area contributed by atoms with Crippen LogP contribution in [0.25, 0.3) is 0 Å². The van der Waals surface area contributed by atoms with Crippen molar-refractivity contribution in [1.82, 2.24) is 10.3 Å². The molecule has 0 aromatic carbocycles. The van der Waals surface area contributed by atoms with Crippen molar-refractivity contribution in [3.8, 4) is 0 Å². The second-order valence-corrected chi connectivity index (χ2v) is 5.45. The molecule has 17 heavy (non-hydrogen) atoms. The molecule has 96 valence electrons. The van der Waals surface area contributed by atoms with Crippen LogP contribution < -0.4 is 5.32 Å². The van der Waals surface area contributed by atoms with Gasteiger partial charge in [-0.2, -0.15) is 13.2 Å². The zero-order chi connectivity index (χ0) is 12.5. The number of hydrogen-bond donors (Lipinski definition) is 1. The highest BCUT2D eigenvalue weighted by molar-refractivity contribution is 7.11. The second kappa shape index (κ2) is 4.94. The smallest absolute Gasteiger partial charge is 0.315 e. The average Bonchev–Trinajstić information content (AvgIpc) is 2.82. The van der Waals surface area contributed by atoms with Crippen molar-refractivity contribution in [2.75, 3.05) is 7.05 Å². The van der Waals surface area contributed by atoms with E-state index in [9.17, 15) is 13.2 Å². The van der Waals surface area contributed by atoms with E-state index in [-0.39, 0.29) is 12.5 Å². The summed E-state index contributed by atoms with van der Waals surface area (Å²) in [4.78, 5) is 4.14. The topological polar surface area (TPSA) is 24.9 Å². The minimum absolute atomic E-state index is 0.235. The van der Waals surface area contributed by atoms with Crippen molar-refractivity contribution in [3.05, 3.63) is 15.6 Å². The molecule has 0 saturated heterocycles. The van der Waals surface area contributed by atoms with Crippen LogP contribution in [0.15, 0.2) is 0 Å². The third-order valence-electron chi connectivity index (χ3n) is 3.02. The molecule has 2 rings (SSSR count). The number of halogens is 3. The van der Waals surface area contributed by atoms with Gasteiger partial charge in [-0.1, -0.05) is 12.8 Å². The number of thiazole rings is 1. The number of alkyl halides is 3. The van der Waals surface area contributed by atoms with Crippen LogP contribution >= 0.6 is 11.3 Å². The molecule has 1 aliphatic rings. The summed E-state index contributed by atoms with van der Waals surface area (Å²) in [7, 11) is 1.65. The van der Waals surface area contributed by atoms with Gasteiger partial charge in [0.25, 0.3) is 0 Å². The summed E-state index contributed by atoms with van der Waals surface area (Å²) in [6.45, 7) is 0.235. The molecule has 2 nitrogen and oxygen atoms in total. The van der Waals surface area contributed by atoms with Crippen molar-refractivity contribution in [2.45, 2.75) is 44.3 Å². The van der Waals surface area contributed by atoms with Crippen LogP contribution in [0, 0.1) is 0 Å². The third kappa shape index (κ3) is 2.80. The summed E-state index contributed by atoms with van der Waals surface area (Å²) >= 11 is 1.21. The van der Waals surface area contributed by atoms with Crippen LogP contribution in [0.4, 0.5) is 13.2 Å². The summed E-state index contributed by atoms with van der Waals surface area (Å²) in [5.41, 5.74) is -0.696. The van der Waals surface area contributed by atoms with Crippen molar-refractivity contribution in [2.24, 2.45) is 0 Å². The van der Waals surface area contributed by atoms with Gasteiger partial charge < -0.3 is 5.32 Å². The van der Waals surface area contributed by atoms with Gasteiger partial charge in [0, 0.05) is 12.5 Å². The van der Waals surface area contributed by atoms with E-state index >= 15 is 0 Å². The first-order chi connectivity index (χ1) is 8.02. The predicted octanol–water partition coefficient (Wildman–Crippen LogP) is 3.54. The fourth-order valence-electron chi connectivity index (χ4n) is 2.22. The first-order valence-corrected chi connectivity index (χ1v) is 6.55. The predicted molar refractivity (Wildman–Crippen MR) is 61.1 cm³/mol. The van der Waals surface area contributed by atoms with Gasteiger partial charge in [-0.15, -0.1) is 11.3 Å². The lowest BCUT2D eigenvalue weighted by molar-refractivity contribution is -0.141. The maximum absolute atomic E-state index is 12.8. The Morgan fingerprint density at radius 1 is 1.35 bits per heavy atom. The molecule has 1 fully saturated rings. The maximum atomic E-state index is 12.8. The molecular formula is C11H15F3N2S. The molecular weight excluding hydrogens is 249 g/mol. The van der Waals surface area contributed by atoms with Crippen LogP contribution in [0.3, 0.4) is 0 Å². The monoisotopic (exact) mass is 264 g/mol. The van der Waals surface area contributed by atoms with E-state index in [1.165, 1.54) is 11.3 Å². The molecule has 0 radical (unpaired) electrons. The summed E-state index contributed by atoms with van der Waals surface area (Å²) in [6, 6.07) is 0. The van der Waals surface area contributed by atoms with E-state index in [0.29, 0.717) is 9.88 Å². The van der Waals surface area contributed by atoms with Gasteiger partial charge in [-0.05, 0) is 19.9 Å². The fourth-order valence-corrected chi connectivity index (χ4v) is 3.49. The van der Waals surface area contributed by atoms with E-state index in [4.69, 9.17) is 0 Å². The van der Waals surface area contributed by atoms with Crippen LogP contribution in [0.2, 0.25) is 0 Å². The molecule has 1 saturated carbocycles. The van der Waals surface area contributed by atoms with Gasteiger partial charge in [0.1, 0.15) is 0 Å². The summed E-state index contributed by atoms with van der Waals surface area (Å²) in [5, 5.41) is 3.44. The minimum atomic E-state index is -4.33. The molecule has 1 aliphatic carbocycles. The fraction of sp³-hybridized carbons (Fsp3) is 0.727. The Morgan fingerprint density at radius 3 is 2.53 bits per heavy atom. The number of nitrogens with one attached hydrogen (secondary N) is 1. The average molecular weight is 264 g/mol. The first kappa shape index (κ1) is 12.8. The molecule has 1 heterocycles. The quantitative estimate of drug-likeness (QED) is 0.903. The molecule has 1 aromatic heterocycles. The summed E-state index contributed by atoms with van der Waals surface area (Å²) in [6.07, 6.45) is -0.174. The highest BCUT2D eigenvalue weighted by atomic mass is 32.1. The largest absolute Gasteiger partial charge is 0.434 e. The standard InChI is InChI=1S/C11H15F3N2S/c1-15-6-8-9(11(12,13)14)16-10(17-8)7-4-2-3-5-7/h7,15H,2-6H2,1H3. The molecule has 6 heteroatoms. The van der Waals surface area contributed by atoms with Gasteiger partial charge in [-0.25, -0.2) is 4.98 Å². The number of hydrogen-bond acceptors (Lipinski definition) is 3. The van der Waals surface area contributed by atoms with Crippen LogP contribution in [0.5, 0.6) is 0 Å². The molecule has 0 spiro atoms. The van der Waals surface area contributed by atoms with Crippen molar-refractivity contribution < 1.29 is 13.2 Å². The van der Waals surface area contributed by atoms with Gasteiger partial charge in [0.05, 0.1) is 9.88 Å². The van der Waals surface area contributed by atoms with Crippen LogP contribution in [0.1, 0.15) is 47.2 Å². The normalized spacial score (nSPS) is 17.9. The SMILES string of the molecule is CNCc1sc(C2CCCC2)nc1C(F)(F)F. The third-order valence-corrected chi connectivity index (χ3v) is 4.24. The van der Waals surface area contributed by atoms with Gasteiger partial charge in [0.15, 0.2) is 5.69 Å². The highest BCUT2D eigenvalue weighted by Crippen LogP contribution is 2.41. The molecule has 0 bridgehead atoms. The van der Waals surface area contributed by atoms with E-state index in [1.54, 1.807) is 7.05 Å². The maximum Gasteiger partial charge on any atom is 0.434 e. The second-order valence-electron chi connectivity index (χ2n) is 4.33. The molecule has 0 unspecified atom stereocenters. The van der Waals surface area contributed by atoms with Gasteiger partial charge >= 0.3 is 6.18 Å². The summed E-state index contributed by atoms with van der Waals surface area (Å²) < 4.78 is 38.4. The lowest BCUT2D eigenvalue weighted by Gasteiger charge is -2.05. The number of aromatic nitrogens is 1. The van der Waals surface area contributed by atoms with Crippen molar-refractivity contribution in [3.63, 3.8) is 0 Å². The molecule has 0 amide bonds. The van der Waals surface area contributed by atoms with Crippen molar-refractivity contribution >= 4 is 11.3 Å². The Balaban J connectivity index is 2.29. The zero-order valence-electron chi connectivity index (χ0n) is 9.60. The minimum Gasteiger partial charge on any atom is -0.315 e. The van der Waals surface area contributed by atoms with E-state index in [2.05, 4.69) is 10.3 Å². The number of nitrogens with zero attached hydrogens (tertiary/aromatic N) is 1. The molecule has 1 aromatic rings. The highest BCUT2D eigenvalue weighted by Gasteiger charge is 2.38. The van der Waals surface area contributed by atoms with Gasteiger partial charge in [0.2, 0.25) is 0 Å². The Labute approximate surface area is 102 Å². The Kier molecular flexibility index (Phi) is 3.73. The van der Waals surface area contributed by atoms with Crippen LogP contribution in [-0.4, -0.2) is 12.0 Å².